The Morgan fingerprint density at radius 2 is 2.14 bits per heavy atom. The van der Waals surface area contributed by atoms with Gasteiger partial charge in [-0.15, -0.1) is 0 Å². The number of hydrogen-bond donors (Lipinski definition) is 2. The lowest BCUT2D eigenvalue weighted by molar-refractivity contribution is -0.132. The summed E-state index contributed by atoms with van der Waals surface area (Å²) in [5.41, 5.74) is -0.351. The summed E-state index contributed by atoms with van der Waals surface area (Å²) in [5.74, 6) is -2.67. The molecule has 1 aliphatic heterocycles. The van der Waals surface area contributed by atoms with Gasteiger partial charge in [0.25, 0.3) is 0 Å². The third-order valence-corrected chi connectivity index (χ3v) is 4.22. The highest BCUT2D eigenvalue weighted by atomic mass is 32.1. The Bertz CT molecular complexity index is 607. The van der Waals surface area contributed by atoms with E-state index in [2.05, 4.69) is 10.3 Å². The van der Waals surface area contributed by atoms with Crippen molar-refractivity contribution < 1.29 is 24.3 Å². The van der Waals surface area contributed by atoms with E-state index < -0.39 is 29.6 Å². The Morgan fingerprint density at radius 1 is 1.48 bits per heavy atom. The van der Waals surface area contributed by atoms with Crippen molar-refractivity contribution in [2.24, 2.45) is 0 Å². The van der Waals surface area contributed by atoms with Crippen molar-refractivity contribution in [3.8, 4) is 0 Å². The molecular formula is C12H13N3O5S. The average Bonchev–Trinajstić information content (AvgIpc) is 2.83. The molecule has 1 aromatic heterocycles. The smallest absolute Gasteiger partial charge is 0.356 e. The van der Waals surface area contributed by atoms with Gasteiger partial charge in [-0.3, -0.25) is 19.7 Å². The molecular weight excluding hydrogens is 298 g/mol. The first-order valence-corrected chi connectivity index (χ1v) is 7.02. The van der Waals surface area contributed by atoms with Crippen molar-refractivity contribution in [1.82, 2.24) is 10.3 Å². The van der Waals surface area contributed by atoms with E-state index in [1.807, 2.05) is 0 Å². The fourth-order valence-electron chi connectivity index (χ4n) is 2.09. The van der Waals surface area contributed by atoms with E-state index in [1.54, 1.807) is 6.92 Å². The molecule has 112 valence electrons. The summed E-state index contributed by atoms with van der Waals surface area (Å²) < 4.78 is 0. The normalized spacial score (nSPS) is 18.6. The predicted octanol–water partition coefficient (Wildman–Crippen LogP) is 0.285. The van der Waals surface area contributed by atoms with Crippen molar-refractivity contribution in [3.05, 3.63) is 10.6 Å². The molecule has 1 atom stereocenters. The number of anilines is 1. The van der Waals surface area contributed by atoms with Gasteiger partial charge >= 0.3 is 5.97 Å². The Morgan fingerprint density at radius 3 is 2.62 bits per heavy atom. The number of piperazine rings is 1. The van der Waals surface area contributed by atoms with Crippen molar-refractivity contribution in [1.29, 1.82) is 0 Å². The molecule has 1 unspecified atom stereocenters. The van der Waals surface area contributed by atoms with Gasteiger partial charge in [-0.1, -0.05) is 18.3 Å². The van der Waals surface area contributed by atoms with Gasteiger partial charge in [0, 0.05) is 6.92 Å². The van der Waals surface area contributed by atoms with Crippen LogP contribution in [-0.4, -0.2) is 46.2 Å². The van der Waals surface area contributed by atoms with Crippen LogP contribution in [0.3, 0.4) is 0 Å². The van der Waals surface area contributed by atoms with Crippen molar-refractivity contribution >= 4 is 40.0 Å². The largest absolute Gasteiger partial charge is 0.476 e. The molecule has 0 aliphatic carbocycles. The molecule has 0 saturated carbocycles. The summed E-state index contributed by atoms with van der Waals surface area (Å²) in [6.07, 6.45) is 0.427. The van der Waals surface area contributed by atoms with Crippen LogP contribution in [0, 0.1) is 0 Å². The summed E-state index contributed by atoms with van der Waals surface area (Å²) in [4.78, 5) is 51.3. The molecule has 1 saturated heterocycles. The van der Waals surface area contributed by atoms with Crippen LogP contribution in [0.25, 0.3) is 0 Å². The highest BCUT2D eigenvalue weighted by Crippen LogP contribution is 2.29. The van der Waals surface area contributed by atoms with Crippen LogP contribution in [0.5, 0.6) is 0 Å². The molecule has 2 N–H and O–H groups in total. The van der Waals surface area contributed by atoms with Gasteiger partial charge in [0.1, 0.15) is 17.5 Å². The molecule has 2 amide bonds. The topological polar surface area (TPSA) is 117 Å². The van der Waals surface area contributed by atoms with E-state index in [1.165, 1.54) is 11.8 Å². The minimum atomic E-state index is -1.32. The maximum Gasteiger partial charge on any atom is 0.356 e. The Labute approximate surface area is 123 Å². The fourth-order valence-corrected chi connectivity index (χ4v) is 3.09. The van der Waals surface area contributed by atoms with Crippen LogP contribution in [0.1, 0.15) is 40.4 Å². The number of carbonyl (C=O) groups excluding carboxylic acids is 3. The number of imide groups is 1. The maximum absolute atomic E-state index is 11.8. The molecule has 21 heavy (non-hydrogen) atoms. The Hall–Kier alpha value is -2.29. The molecule has 1 fully saturated rings. The van der Waals surface area contributed by atoms with Gasteiger partial charge < -0.3 is 10.0 Å². The van der Waals surface area contributed by atoms with Crippen molar-refractivity contribution in [2.45, 2.75) is 26.3 Å². The minimum Gasteiger partial charge on any atom is -0.476 e. The first-order valence-electron chi connectivity index (χ1n) is 6.20. The molecule has 0 bridgehead atoms. The van der Waals surface area contributed by atoms with Crippen molar-refractivity contribution in [2.75, 3.05) is 11.4 Å². The number of aromatic carboxylic acids is 1. The van der Waals surface area contributed by atoms with Crippen LogP contribution >= 0.6 is 11.3 Å². The van der Waals surface area contributed by atoms with E-state index in [0.717, 1.165) is 11.3 Å². The first kappa shape index (κ1) is 15.1. The van der Waals surface area contributed by atoms with Crippen LogP contribution in [0.2, 0.25) is 0 Å². The van der Waals surface area contributed by atoms with Gasteiger partial charge in [0.15, 0.2) is 16.6 Å². The summed E-state index contributed by atoms with van der Waals surface area (Å²) in [6, 6.07) is -0.615. The highest BCUT2D eigenvalue weighted by molar-refractivity contribution is 7.17. The number of rotatable bonds is 4. The molecule has 0 radical (unpaired) electrons. The monoisotopic (exact) mass is 311 g/mol. The third-order valence-electron chi connectivity index (χ3n) is 3.03. The zero-order valence-corrected chi connectivity index (χ0v) is 12.2. The van der Waals surface area contributed by atoms with E-state index in [9.17, 15) is 19.2 Å². The number of nitrogens with one attached hydrogen (secondary N) is 1. The lowest BCUT2D eigenvalue weighted by atomic mass is 10.1. The number of amides is 2. The van der Waals surface area contributed by atoms with Crippen LogP contribution < -0.4 is 10.2 Å². The quantitative estimate of drug-likeness (QED) is 0.606. The number of nitrogens with zero attached hydrogens (tertiary/aromatic N) is 2. The number of hydrogen-bond acceptors (Lipinski definition) is 7. The Kier molecular flexibility index (Phi) is 4.03. The molecule has 0 spiro atoms. The molecule has 1 aliphatic rings. The molecule has 9 heteroatoms. The summed E-state index contributed by atoms with van der Waals surface area (Å²) in [5, 5.41) is 11.5. The van der Waals surface area contributed by atoms with Gasteiger partial charge in [0.2, 0.25) is 11.8 Å². The van der Waals surface area contributed by atoms with E-state index >= 15 is 0 Å². The zero-order chi connectivity index (χ0) is 15.7. The molecule has 2 heterocycles. The Balaban J connectivity index is 2.46. The molecule has 1 aromatic rings. The summed E-state index contributed by atoms with van der Waals surface area (Å²) in [6.45, 7) is 2.91. The van der Waals surface area contributed by atoms with Crippen molar-refractivity contribution in [3.63, 3.8) is 0 Å². The second-order valence-corrected chi connectivity index (χ2v) is 5.48. The second kappa shape index (κ2) is 5.60. The maximum atomic E-state index is 11.8. The number of carboxylic acid groups (broad SMARTS) is 1. The zero-order valence-electron chi connectivity index (χ0n) is 11.4. The van der Waals surface area contributed by atoms with Crippen LogP contribution in [0.4, 0.5) is 5.13 Å². The fraction of sp³-hybridized carbons (Fsp3) is 0.417. The van der Waals surface area contributed by atoms with Gasteiger partial charge in [0.05, 0.1) is 0 Å². The number of ketones is 1. The molecule has 8 nitrogen and oxygen atoms in total. The second-order valence-electron chi connectivity index (χ2n) is 4.50. The number of carbonyl (C=O) groups is 4. The number of aromatic nitrogens is 1. The first-order chi connectivity index (χ1) is 9.85. The number of carboxylic acids is 1. The SMILES string of the molecule is CCC1C(=O)NC(=O)CN1c1nc(C(=O)O)c(C(C)=O)s1. The molecule has 2 rings (SSSR count). The van der Waals surface area contributed by atoms with E-state index in [4.69, 9.17) is 5.11 Å². The van der Waals surface area contributed by atoms with E-state index in [0.29, 0.717) is 6.42 Å². The van der Waals surface area contributed by atoms with Gasteiger partial charge in [-0.25, -0.2) is 9.78 Å². The number of Topliss-reactive ketones (excluding diaryl/α,β-unsaturated/α-hetero) is 1. The van der Waals surface area contributed by atoms with Crippen LogP contribution in [-0.2, 0) is 9.59 Å². The standard InChI is InChI=1S/C12H13N3O5S/c1-3-6-10(18)13-7(17)4-15(6)12-14-8(11(19)20)9(21-12)5(2)16/h6H,3-4H2,1-2H3,(H,19,20)(H,13,17,18). The third kappa shape index (κ3) is 2.77. The predicted molar refractivity (Wildman–Crippen MR) is 73.7 cm³/mol. The lowest BCUT2D eigenvalue weighted by Gasteiger charge is -2.32. The number of thiazole rings is 1. The average molecular weight is 311 g/mol. The van der Waals surface area contributed by atoms with Crippen LogP contribution in [0.15, 0.2) is 0 Å². The highest BCUT2D eigenvalue weighted by Gasteiger charge is 2.35. The summed E-state index contributed by atoms with van der Waals surface area (Å²) >= 11 is 0.878. The minimum absolute atomic E-state index is 0.00536. The summed E-state index contributed by atoms with van der Waals surface area (Å²) in [7, 11) is 0. The van der Waals surface area contributed by atoms with Gasteiger partial charge in [-0.05, 0) is 6.42 Å². The lowest BCUT2D eigenvalue weighted by Crippen LogP contribution is -2.58. The van der Waals surface area contributed by atoms with Gasteiger partial charge in [-0.2, -0.15) is 0 Å². The van der Waals surface area contributed by atoms with E-state index in [-0.39, 0.29) is 22.2 Å². The molecule has 0 aromatic carbocycles.